The molecule has 0 saturated heterocycles. The fourth-order valence-corrected chi connectivity index (χ4v) is 4.62. The Hall–Kier alpha value is -3.47. The van der Waals surface area contributed by atoms with Gasteiger partial charge in [-0.15, -0.1) is 12.4 Å². The molecule has 186 valence electrons. The van der Waals surface area contributed by atoms with Gasteiger partial charge in [0.05, 0.1) is 30.2 Å². The number of ketones is 3. The van der Waals surface area contributed by atoms with Crippen LogP contribution >= 0.6 is 12.4 Å². The van der Waals surface area contributed by atoms with Crippen LogP contribution in [-0.4, -0.2) is 57.9 Å². The summed E-state index contributed by atoms with van der Waals surface area (Å²) in [5.41, 5.74) is 2.02. The first-order valence-electron chi connectivity index (χ1n) is 10.6. The van der Waals surface area contributed by atoms with Crippen LogP contribution in [0.15, 0.2) is 18.2 Å². The number of Topliss-reactive ketones (excluding diaryl/α,β-unsaturated/α-hetero) is 1. The number of phenolic OH excluding ortho intramolecular Hbond substituents is 2. The normalized spacial score (nSPS) is 20.2. The summed E-state index contributed by atoms with van der Waals surface area (Å²) in [5, 5.41) is 33.3. The summed E-state index contributed by atoms with van der Waals surface area (Å²) in [5.74, 6) is -4.17. The molecular formula is C24H24ClNO9. The van der Waals surface area contributed by atoms with Gasteiger partial charge in [-0.3, -0.25) is 19.2 Å². The Morgan fingerprint density at radius 3 is 2.37 bits per heavy atom. The number of aromatic hydroxyl groups is 2. The summed E-state index contributed by atoms with van der Waals surface area (Å²) >= 11 is 0. The number of halogens is 1. The molecule has 2 aliphatic rings. The van der Waals surface area contributed by atoms with Crippen molar-refractivity contribution in [2.45, 2.75) is 37.9 Å². The zero-order chi connectivity index (χ0) is 24.9. The van der Waals surface area contributed by atoms with Crippen LogP contribution in [0.2, 0.25) is 0 Å². The highest BCUT2D eigenvalue weighted by Crippen LogP contribution is 2.52. The van der Waals surface area contributed by atoms with E-state index in [1.165, 1.54) is 25.3 Å². The third kappa shape index (κ3) is 3.93. The third-order valence-corrected chi connectivity index (χ3v) is 6.35. The smallest absolute Gasteiger partial charge is 0.307 e. The first-order valence-corrected chi connectivity index (χ1v) is 10.6. The predicted molar refractivity (Wildman–Crippen MR) is 123 cm³/mol. The maximum Gasteiger partial charge on any atom is 0.307 e. The number of phenols is 2. The Kier molecular flexibility index (Phi) is 6.94. The second-order valence-corrected chi connectivity index (χ2v) is 8.37. The highest BCUT2D eigenvalue weighted by molar-refractivity contribution is 6.31. The third-order valence-electron chi connectivity index (χ3n) is 6.35. The van der Waals surface area contributed by atoms with Crippen molar-refractivity contribution in [1.29, 1.82) is 0 Å². The minimum Gasteiger partial charge on any atom is -0.507 e. The van der Waals surface area contributed by atoms with Crippen molar-refractivity contribution in [2.75, 3.05) is 13.7 Å². The number of ether oxygens (including phenoxy) is 2. The molecular weight excluding hydrogens is 482 g/mol. The zero-order valence-electron chi connectivity index (χ0n) is 18.9. The quantitative estimate of drug-likeness (QED) is 0.294. The molecule has 0 aromatic heterocycles. The van der Waals surface area contributed by atoms with E-state index in [1.807, 2.05) is 0 Å². The molecule has 0 saturated carbocycles. The molecule has 11 heteroatoms. The highest BCUT2D eigenvalue weighted by Gasteiger charge is 2.48. The van der Waals surface area contributed by atoms with Crippen molar-refractivity contribution in [3.63, 3.8) is 0 Å². The summed E-state index contributed by atoms with van der Waals surface area (Å²) in [6, 6.07) is 4.37. The van der Waals surface area contributed by atoms with Gasteiger partial charge in [0.2, 0.25) is 5.78 Å². The largest absolute Gasteiger partial charge is 0.507 e. The maximum absolute atomic E-state index is 13.4. The van der Waals surface area contributed by atoms with Gasteiger partial charge in [0, 0.05) is 36.1 Å². The van der Waals surface area contributed by atoms with Crippen LogP contribution in [0, 0.1) is 0 Å². The van der Waals surface area contributed by atoms with Crippen molar-refractivity contribution in [2.24, 2.45) is 5.73 Å². The Balaban J connectivity index is 0.00000342. The van der Waals surface area contributed by atoms with Gasteiger partial charge >= 0.3 is 5.97 Å². The first-order chi connectivity index (χ1) is 16.1. The second kappa shape index (κ2) is 9.29. The molecule has 5 N–H and O–H groups in total. The van der Waals surface area contributed by atoms with Crippen molar-refractivity contribution < 1.29 is 44.0 Å². The molecule has 0 heterocycles. The van der Waals surface area contributed by atoms with E-state index < -0.39 is 70.5 Å². The molecule has 35 heavy (non-hydrogen) atoms. The van der Waals surface area contributed by atoms with Gasteiger partial charge < -0.3 is 30.5 Å². The van der Waals surface area contributed by atoms with E-state index in [-0.39, 0.29) is 53.4 Å². The van der Waals surface area contributed by atoms with E-state index in [0.717, 1.165) is 6.92 Å². The monoisotopic (exact) mass is 505 g/mol. The van der Waals surface area contributed by atoms with Gasteiger partial charge in [-0.05, 0) is 13.0 Å². The lowest BCUT2D eigenvalue weighted by Crippen LogP contribution is -2.45. The van der Waals surface area contributed by atoms with Gasteiger partial charge in [0.1, 0.15) is 29.0 Å². The number of nitrogens with two attached hydrogens (primary N) is 1. The molecule has 0 spiro atoms. The van der Waals surface area contributed by atoms with Gasteiger partial charge in [0.25, 0.3) is 0 Å². The number of benzene rings is 2. The molecule has 0 amide bonds. The van der Waals surface area contributed by atoms with E-state index in [9.17, 15) is 34.5 Å². The fraction of sp³-hybridized carbons (Fsp3) is 0.333. The van der Waals surface area contributed by atoms with Crippen molar-refractivity contribution in [1.82, 2.24) is 0 Å². The lowest BCUT2D eigenvalue weighted by Gasteiger charge is -2.38. The average molecular weight is 506 g/mol. The molecule has 0 fully saturated rings. The highest BCUT2D eigenvalue weighted by atomic mass is 35.5. The second-order valence-electron chi connectivity index (χ2n) is 8.37. The predicted octanol–water partition coefficient (Wildman–Crippen LogP) is 1.50. The Morgan fingerprint density at radius 1 is 1.11 bits per heavy atom. The topological polar surface area (TPSA) is 173 Å². The Morgan fingerprint density at radius 2 is 1.77 bits per heavy atom. The van der Waals surface area contributed by atoms with Crippen LogP contribution in [0.25, 0.3) is 0 Å². The van der Waals surface area contributed by atoms with E-state index >= 15 is 0 Å². The van der Waals surface area contributed by atoms with Crippen molar-refractivity contribution in [3.8, 4) is 17.2 Å². The lowest BCUT2D eigenvalue weighted by atomic mass is 9.72. The van der Waals surface area contributed by atoms with E-state index in [1.54, 1.807) is 0 Å². The average Bonchev–Trinajstić information content (AvgIpc) is 2.78. The van der Waals surface area contributed by atoms with Gasteiger partial charge in [-0.25, -0.2) is 0 Å². The molecule has 2 aromatic carbocycles. The fourth-order valence-electron chi connectivity index (χ4n) is 4.62. The molecule has 10 nitrogen and oxygen atoms in total. The van der Waals surface area contributed by atoms with Crippen molar-refractivity contribution >= 4 is 35.7 Å². The first kappa shape index (κ1) is 26.1. The van der Waals surface area contributed by atoms with Gasteiger partial charge in [0.15, 0.2) is 11.6 Å². The zero-order valence-corrected chi connectivity index (χ0v) is 19.7. The summed E-state index contributed by atoms with van der Waals surface area (Å²) in [6.07, 6.45) is -2.43. The van der Waals surface area contributed by atoms with Crippen LogP contribution in [0.3, 0.4) is 0 Å². The minimum absolute atomic E-state index is 0. The molecule has 0 aliphatic heterocycles. The Bertz CT molecular complexity index is 1270. The summed E-state index contributed by atoms with van der Waals surface area (Å²) in [4.78, 5) is 51.2. The standard InChI is InChI=1S/C24H23NO9.ClH/c1-10(26)24(32)8-12-17(14(9-24)34-15(27)6-7-25)23(31)19-18(21(12)29)20(28)11-4-3-5-13(33-2)16(11)22(19)30;/h3-5,14,29,31-32H,6-9,25H2,1-2H3;1H/t14-,24-;/m0./s1. The number of esters is 1. The molecule has 4 rings (SSSR count). The van der Waals surface area contributed by atoms with E-state index in [4.69, 9.17) is 15.2 Å². The van der Waals surface area contributed by atoms with Gasteiger partial charge in [-0.1, -0.05) is 12.1 Å². The number of rotatable bonds is 5. The SMILES string of the molecule is COc1cccc2c1C(=O)c1c(O)c3c(c(O)c1C2=O)C[C@@](O)(C(C)=O)C[C@@H]3OC(=O)CCN.Cl. The number of carbonyl (C=O) groups is 4. The number of fused-ring (bicyclic) bond motifs is 3. The number of aliphatic hydroxyl groups is 1. The number of methoxy groups -OCH3 is 1. The molecule has 0 radical (unpaired) electrons. The number of hydrogen-bond donors (Lipinski definition) is 4. The molecule has 2 aromatic rings. The summed E-state index contributed by atoms with van der Waals surface area (Å²) in [7, 11) is 1.32. The number of carbonyl (C=O) groups excluding carboxylic acids is 4. The van der Waals surface area contributed by atoms with E-state index in [2.05, 4.69) is 0 Å². The molecule has 2 atom stereocenters. The van der Waals surface area contributed by atoms with Crippen LogP contribution in [0.5, 0.6) is 17.2 Å². The summed E-state index contributed by atoms with van der Waals surface area (Å²) in [6.45, 7) is 1.11. The Labute approximate surface area is 206 Å². The maximum atomic E-state index is 13.4. The van der Waals surface area contributed by atoms with Crippen LogP contribution in [0.1, 0.15) is 68.8 Å². The van der Waals surface area contributed by atoms with Gasteiger partial charge in [-0.2, -0.15) is 0 Å². The van der Waals surface area contributed by atoms with Crippen LogP contribution < -0.4 is 10.5 Å². The number of hydrogen-bond acceptors (Lipinski definition) is 10. The summed E-state index contributed by atoms with van der Waals surface area (Å²) < 4.78 is 10.6. The van der Waals surface area contributed by atoms with Crippen LogP contribution in [0.4, 0.5) is 0 Å². The molecule has 0 unspecified atom stereocenters. The van der Waals surface area contributed by atoms with Crippen molar-refractivity contribution in [3.05, 3.63) is 51.6 Å². The molecule has 2 aliphatic carbocycles. The molecule has 0 bridgehead atoms. The lowest BCUT2D eigenvalue weighted by molar-refractivity contribution is -0.157. The van der Waals surface area contributed by atoms with Crippen LogP contribution in [-0.2, 0) is 20.7 Å². The minimum atomic E-state index is -2.04. The van der Waals surface area contributed by atoms with E-state index in [0.29, 0.717) is 0 Å².